The van der Waals surface area contributed by atoms with Crippen molar-refractivity contribution in [3.8, 4) is 6.07 Å². The Kier molecular flexibility index (Phi) is 5.00. The van der Waals surface area contributed by atoms with Crippen molar-refractivity contribution in [1.82, 2.24) is 34.5 Å². The van der Waals surface area contributed by atoms with Gasteiger partial charge in [-0.1, -0.05) is 6.07 Å². The molecule has 0 aromatic carbocycles. The first-order valence-electron chi connectivity index (χ1n) is 11.7. The van der Waals surface area contributed by atoms with Crippen LogP contribution in [0.4, 0.5) is 13.2 Å². The van der Waals surface area contributed by atoms with Crippen LogP contribution in [0.3, 0.4) is 0 Å². The first-order valence-corrected chi connectivity index (χ1v) is 11.7. The lowest BCUT2D eigenvalue weighted by atomic mass is 9.79. The minimum absolute atomic E-state index is 0.0546. The summed E-state index contributed by atoms with van der Waals surface area (Å²) in [4.78, 5) is 24.1. The van der Waals surface area contributed by atoms with Gasteiger partial charge in [-0.2, -0.15) is 28.6 Å². The molecule has 6 rings (SSSR count). The zero-order valence-corrected chi connectivity index (χ0v) is 19.2. The number of hydrogen-bond donors (Lipinski definition) is 1. The van der Waals surface area contributed by atoms with Crippen LogP contribution in [0.15, 0.2) is 35.5 Å². The van der Waals surface area contributed by atoms with Gasteiger partial charge < -0.3 is 4.98 Å². The predicted molar refractivity (Wildman–Crippen MR) is 121 cm³/mol. The highest BCUT2D eigenvalue weighted by Crippen LogP contribution is 2.46. The monoisotopic (exact) mass is 494 g/mol. The molecular formula is C24H21F3N8O. The SMILES string of the molecule is C[C@@H](c1ccc(C(F)(F)F)nc1)n1nc(C#N)c2c(=O)[nH]c(C3CCC3n3cc(C4CC4)cn3)nc21. The fraction of sp³-hybridized carbons (Fsp3) is 0.417. The van der Waals surface area contributed by atoms with Gasteiger partial charge in [-0.15, -0.1) is 0 Å². The van der Waals surface area contributed by atoms with Gasteiger partial charge in [0.15, 0.2) is 11.3 Å². The zero-order valence-electron chi connectivity index (χ0n) is 19.2. The van der Waals surface area contributed by atoms with Crippen LogP contribution in [0.1, 0.15) is 84.9 Å². The van der Waals surface area contributed by atoms with Gasteiger partial charge in [-0.25, -0.2) is 9.67 Å². The molecular weight excluding hydrogens is 473 g/mol. The third kappa shape index (κ3) is 3.66. The Hall–Kier alpha value is -4.01. The largest absolute Gasteiger partial charge is 0.433 e. The van der Waals surface area contributed by atoms with Crippen LogP contribution in [0, 0.1) is 11.3 Å². The van der Waals surface area contributed by atoms with Crippen molar-refractivity contribution in [1.29, 1.82) is 5.26 Å². The van der Waals surface area contributed by atoms with E-state index in [1.807, 2.05) is 16.9 Å². The number of fused-ring (bicyclic) bond motifs is 1. The number of H-pyrrole nitrogens is 1. The quantitative estimate of drug-likeness (QED) is 0.444. The lowest BCUT2D eigenvalue weighted by Gasteiger charge is -2.35. The average Bonchev–Trinajstić information content (AvgIpc) is 3.45. The fourth-order valence-electron chi connectivity index (χ4n) is 4.83. The molecule has 1 N–H and O–H groups in total. The Labute approximate surface area is 202 Å². The maximum atomic E-state index is 13.0. The molecule has 0 amide bonds. The number of rotatable bonds is 5. The molecule has 0 radical (unpaired) electrons. The lowest BCUT2D eigenvalue weighted by Crippen LogP contribution is -2.30. The second-order valence-electron chi connectivity index (χ2n) is 9.48. The lowest BCUT2D eigenvalue weighted by molar-refractivity contribution is -0.141. The summed E-state index contributed by atoms with van der Waals surface area (Å²) in [6.45, 7) is 1.70. The number of pyridine rings is 1. The number of alkyl halides is 3. The van der Waals surface area contributed by atoms with Crippen molar-refractivity contribution in [3.63, 3.8) is 0 Å². The van der Waals surface area contributed by atoms with Crippen molar-refractivity contribution in [3.05, 3.63) is 69.4 Å². The van der Waals surface area contributed by atoms with Gasteiger partial charge in [0.2, 0.25) is 0 Å². The van der Waals surface area contributed by atoms with E-state index in [0.29, 0.717) is 17.3 Å². The van der Waals surface area contributed by atoms with Crippen LogP contribution < -0.4 is 5.56 Å². The highest BCUT2D eigenvalue weighted by atomic mass is 19.4. The molecule has 184 valence electrons. The summed E-state index contributed by atoms with van der Waals surface area (Å²) in [5.74, 6) is 1.01. The molecule has 0 bridgehead atoms. The minimum atomic E-state index is -4.55. The number of aromatic nitrogens is 7. The topological polar surface area (TPSA) is 118 Å². The summed E-state index contributed by atoms with van der Waals surface area (Å²) in [7, 11) is 0. The van der Waals surface area contributed by atoms with Gasteiger partial charge in [0.05, 0.1) is 18.3 Å². The van der Waals surface area contributed by atoms with Crippen LogP contribution in [0.25, 0.3) is 11.0 Å². The van der Waals surface area contributed by atoms with E-state index < -0.39 is 23.5 Å². The first-order chi connectivity index (χ1) is 17.2. The normalized spacial score (nSPS) is 20.8. The molecule has 4 heterocycles. The minimum Gasteiger partial charge on any atom is -0.309 e. The Balaban J connectivity index is 1.38. The zero-order chi connectivity index (χ0) is 25.2. The van der Waals surface area contributed by atoms with Crippen LogP contribution >= 0.6 is 0 Å². The molecule has 9 nitrogen and oxygen atoms in total. The van der Waals surface area contributed by atoms with Gasteiger partial charge in [-0.05, 0) is 55.7 Å². The Morgan fingerprint density at radius 3 is 2.61 bits per heavy atom. The number of aromatic amines is 1. The van der Waals surface area contributed by atoms with Crippen molar-refractivity contribution in [2.45, 2.75) is 62.7 Å². The summed E-state index contributed by atoms with van der Waals surface area (Å²) < 4.78 is 42.1. The standard InChI is InChI=1S/C24H21F3N8O/c1-12(14-4-7-19(29-9-14)24(25,26)27)35-22-20(17(8-28)33-35)23(36)32-21(31-22)16-5-6-18(16)34-11-15(10-30-34)13-2-3-13/h4,7,9-13,16,18H,2-3,5-6H2,1H3,(H,31,32,36)/t12-,16?,18?/m0/s1. The third-order valence-electron chi connectivity index (χ3n) is 7.21. The van der Waals surface area contributed by atoms with Crippen molar-refractivity contribution < 1.29 is 13.2 Å². The molecule has 2 aliphatic carbocycles. The molecule has 12 heteroatoms. The van der Waals surface area contributed by atoms with E-state index in [9.17, 15) is 23.2 Å². The number of nitrogens with one attached hydrogen (secondary N) is 1. The number of nitriles is 1. The van der Waals surface area contributed by atoms with Gasteiger partial charge >= 0.3 is 6.18 Å². The van der Waals surface area contributed by atoms with E-state index in [1.54, 1.807) is 6.92 Å². The molecule has 4 aromatic rings. The van der Waals surface area contributed by atoms with Crippen LogP contribution in [-0.2, 0) is 6.18 Å². The molecule has 0 saturated heterocycles. The van der Waals surface area contributed by atoms with E-state index >= 15 is 0 Å². The smallest absolute Gasteiger partial charge is 0.309 e. The van der Waals surface area contributed by atoms with Gasteiger partial charge in [-0.3, -0.25) is 14.5 Å². The molecule has 2 unspecified atom stereocenters. The fourth-order valence-corrected chi connectivity index (χ4v) is 4.83. The van der Waals surface area contributed by atoms with E-state index in [0.717, 1.165) is 25.1 Å². The molecule has 3 atom stereocenters. The summed E-state index contributed by atoms with van der Waals surface area (Å²) in [6.07, 6.45) is 4.63. The molecule has 2 fully saturated rings. The Morgan fingerprint density at radius 1 is 1.19 bits per heavy atom. The second-order valence-corrected chi connectivity index (χ2v) is 9.48. The maximum absolute atomic E-state index is 13.0. The van der Waals surface area contributed by atoms with Crippen LogP contribution in [0.5, 0.6) is 0 Å². The number of nitrogens with zero attached hydrogens (tertiary/aromatic N) is 7. The van der Waals surface area contributed by atoms with Gasteiger partial charge in [0.1, 0.15) is 23.0 Å². The van der Waals surface area contributed by atoms with Crippen molar-refractivity contribution >= 4 is 11.0 Å². The summed E-state index contributed by atoms with van der Waals surface area (Å²) >= 11 is 0. The molecule has 0 spiro atoms. The van der Waals surface area contributed by atoms with Crippen molar-refractivity contribution in [2.75, 3.05) is 0 Å². The Bertz CT molecular complexity index is 1560. The second kappa shape index (κ2) is 8.01. The maximum Gasteiger partial charge on any atom is 0.433 e. The first kappa shape index (κ1) is 22.5. The van der Waals surface area contributed by atoms with Crippen LogP contribution in [-0.4, -0.2) is 34.5 Å². The van der Waals surface area contributed by atoms with E-state index in [4.69, 9.17) is 4.98 Å². The molecule has 0 aliphatic heterocycles. The van der Waals surface area contributed by atoms with E-state index in [2.05, 4.69) is 26.4 Å². The molecule has 4 aromatic heterocycles. The predicted octanol–water partition coefficient (Wildman–Crippen LogP) is 4.21. The summed E-state index contributed by atoms with van der Waals surface area (Å²) in [5, 5.41) is 18.4. The van der Waals surface area contributed by atoms with Crippen molar-refractivity contribution in [2.24, 2.45) is 0 Å². The molecule has 36 heavy (non-hydrogen) atoms. The molecule has 2 aliphatic rings. The van der Waals surface area contributed by atoms with E-state index in [1.165, 1.54) is 29.2 Å². The molecule has 2 saturated carbocycles. The average molecular weight is 494 g/mol. The highest BCUT2D eigenvalue weighted by Gasteiger charge is 2.38. The summed E-state index contributed by atoms with van der Waals surface area (Å²) in [5.41, 5.74) is 0.309. The van der Waals surface area contributed by atoms with E-state index in [-0.39, 0.29) is 28.7 Å². The van der Waals surface area contributed by atoms with Gasteiger partial charge in [0, 0.05) is 18.3 Å². The van der Waals surface area contributed by atoms with Gasteiger partial charge in [0.25, 0.3) is 5.56 Å². The summed E-state index contributed by atoms with van der Waals surface area (Å²) in [6, 6.07) is 3.58. The third-order valence-corrected chi connectivity index (χ3v) is 7.21. The number of halogens is 3. The highest BCUT2D eigenvalue weighted by molar-refractivity contribution is 5.80. The Morgan fingerprint density at radius 2 is 2.00 bits per heavy atom. The van der Waals surface area contributed by atoms with Crippen LogP contribution in [0.2, 0.25) is 0 Å². The number of hydrogen-bond acceptors (Lipinski definition) is 6.